The highest BCUT2D eigenvalue weighted by molar-refractivity contribution is 5.92. The van der Waals surface area contributed by atoms with Crippen molar-refractivity contribution < 1.29 is 10.0 Å². The van der Waals surface area contributed by atoms with Crippen LogP contribution in [-0.2, 0) is 7.05 Å². The van der Waals surface area contributed by atoms with E-state index in [-0.39, 0.29) is 11.7 Å². The molecule has 0 fully saturated rings. The minimum absolute atomic E-state index is 0.145. The fourth-order valence-electron chi connectivity index (χ4n) is 1.35. The van der Waals surface area contributed by atoms with Gasteiger partial charge in [0.2, 0.25) is 0 Å². The zero-order valence-corrected chi connectivity index (χ0v) is 9.76. The molecule has 0 bridgehead atoms. The summed E-state index contributed by atoms with van der Waals surface area (Å²) in [5.74, 6) is 0.0664. The molecule has 0 radical (unpaired) electrons. The number of nitrogens with two attached hydrogens (primary N) is 1. The topological polar surface area (TPSA) is 106 Å². The largest absolute Gasteiger partial charge is 0.409 e. The van der Waals surface area contributed by atoms with Gasteiger partial charge in [-0.15, -0.1) is 0 Å². The summed E-state index contributed by atoms with van der Waals surface area (Å²) in [6, 6.07) is 0. The van der Waals surface area contributed by atoms with E-state index in [0.29, 0.717) is 18.7 Å². The van der Waals surface area contributed by atoms with E-state index >= 15 is 0 Å². The number of imidazole rings is 1. The van der Waals surface area contributed by atoms with Crippen molar-refractivity contribution in [2.45, 2.75) is 19.3 Å². The van der Waals surface area contributed by atoms with Crippen LogP contribution in [0.4, 0.5) is 0 Å². The molecule has 1 amide bonds. The number of aromatic nitrogens is 2. The van der Waals surface area contributed by atoms with Crippen molar-refractivity contribution in [2.75, 3.05) is 6.54 Å². The molecule has 0 spiro atoms. The molecule has 0 unspecified atom stereocenters. The van der Waals surface area contributed by atoms with E-state index in [9.17, 15) is 4.79 Å². The van der Waals surface area contributed by atoms with Gasteiger partial charge in [0.25, 0.3) is 5.91 Å². The van der Waals surface area contributed by atoms with Gasteiger partial charge in [-0.3, -0.25) is 4.79 Å². The fourth-order valence-corrected chi connectivity index (χ4v) is 1.35. The third-order valence-electron chi connectivity index (χ3n) is 2.32. The number of carbonyl (C=O) groups excluding carboxylic acids is 1. The molecule has 0 aliphatic carbocycles. The Hall–Kier alpha value is -2.05. The summed E-state index contributed by atoms with van der Waals surface area (Å²) in [5.41, 5.74) is 5.84. The van der Waals surface area contributed by atoms with Crippen molar-refractivity contribution in [1.82, 2.24) is 14.9 Å². The maximum absolute atomic E-state index is 11.6. The number of rotatable bonds is 6. The highest BCUT2D eigenvalue weighted by Gasteiger charge is 2.08. The minimum atomic E-state index is -0.145. The standard InChI is InChI=1S/C10H17N5O2/c1-15-7-12-6-8(15)10(16)13-5-3-2-4-9(11)14-17/h6-7,17H,2-5H2,1H3,(H2,11,14)(H,13,16). The van der Waals surface area contributed by atoms with Gasteiger partial charge in [0, 0.05) is 20.0 Å². The van der Waals surface area contributed by atoms with Crippen molar-refractivity contribution in [3.8, 4) is 0 Å². The zero-order valence-electron chi connectivity index (χ0n) is 9.76. The Balaban J connectivity index is 2.20. The number of unbranched alkanes of at least 4 members (excludes halogenated alkanes) is 1. The Morgan fingerprint density at radius 2 is 2.41 bits per heavy atom. The monoisotopic (exact) mass is 239 g/mol. The van der Waals surface area contributed by atoms with Crippen LogP contribution in [0, 0.1) is 0 Å². The van der Waals surface area contributed by atoms with Crippen molar-refractivity contribution in [1.29, 1.82) is 0 Å². The molecule has 0 aliphatic heterocycles. The number of amidine groups is 1. The maximum Gasteiger partial charge on any atom is 0.269 e. The lowest BCUT2D eigenvalue weighted by Gasteiger charge is -2.05. The first-order chi connectivity index (χ1) is 8.15. The zero-order chi connectivity index (χ0) is 12.7. The summed E-state index contributed by atoms with van der Waals surface area (Å²) >= 11 is 0. The summed E-state index contributed by atoms with van der Waals surface area (Å²) < 4.78 is 1.66. The quantitative estimate of drug-likeness (QED) is 0.215. The van der Waals surface area contributed by atoms with Crippen LogP contribution in [0.3, 0.4) is 0 Å². The molecule has 94 valence electrons. The molecule has 0 saturated carbocycles. The lowest BCUT2D eigenvalue weighted by Crippen LogP contribution is -2.26. The molecule has 7 nitrogen and oxygen atoms in total. The molecule has 1 aromatic rings. The van der Waals surface area contributed by atoms with E-state index in [4.69, 9.17) is 10.9 Å². The average molecular weight is 239 g/mol. The Bertz CT molecular complexity index is 399. The molecule has 0 aromatic carbocycles. The number of aryl methyl sites for hydroxylation is 1. The Labute approximate surface area is 99.3 Å². The normalized spacial score (nSPS) is 11.5. The SMILES string of the molecule is Cn1cncc1C(=O)NCCCC/C(N)=N/O. The van der Waals surface area contributed by atoms with Gasteiger partial charge in [-0.1, -0.05) is 5.16 Å². The second-order valence-corrected chi connectivity index (χ2v) is 3.69. The van der Waals surface area contributed by atoms with Crippen molar-refractivity contribution in [3.05, 3.63) is 18.2 Å². The Morgan fingerprint density at radius 1 is 1.65 bits per heavy atom. The Kier molecular flexibility index (Phi) is 4.99. The number of carbonyl (C=O) groups is 1. The molecule has 1 rings (SSSR count). The molecular formula is C10H17N5O2. The van der Waals surface area contributed by atoms with Crippen LogP contribution in [0.5, 0.6) is 0 Å². The van der Waals surface area contributed by atoms with Gasteiger partial charge < -0.3 is 20.8 Å². The van der Waals surface area contributed by atoms with E-state index in [1.54, 1.807) is 17.9 Å². The first-order valence-corrected chi connectivity index (χ1v) is 5.36. The lowest BCUT2D eigenvalue weighted by atomic mass is 10.2. The summed E-state index contributed by atoms with van der Waals surface area (Å²) in [5, 5.41) is 14.0. The molecule has 0 aliphatic rings. The van der Waals surface area contributed by atoms with Crippen LogP contribution in [0.2, 0.25) is 0 Å². The van der Waals surface area contributed by atoms with Gasteiger partial charge in [-0.25, -0.2) is 4.98 Å². The van der Waals surface area contributed by atoms with Crippen LogP contribution in [0.25, 0.3) is 0 Å². The number of oxime groups is 1. The molecule has 0 saturated heterocycles. The third-order valence-corrected chi connectivity index (χ3v) is 2.32. The summed E-state index contributed by atoms with van der Waals surface area (Å²) in [7, 11) is 1.76. The number of hydrogen-bond donors (Lipinski definition) is 3. The van der Waals surface area contributed by atoms with Crippen LogP contribution >= 0.6 is 0 Å². The maximum atomic E-state index is 11.6. The predicted octanol–water partition coefficient (Wildman–Crippen LogP) is 0.0666. The summed E-state index contributed by atoms with van der Waals surface area (Å²) in [6.07, 6.45) is 5.17. The van der Waals surface area contributed by atoms with E-state index in [1.165, 1.54) is 6.20 Å². The minimum Gasteiger partial charge on any atom is -0.409 e. The molecule has 4 N–H and O–H groups in total. The Morgan fingerprint density at radius 3 is 3.00 bits per heavy atom. The van der Waals surface area contributed by atoms with Gasteiger partial charge in [-0.05, 0) is 12.8 Å². The summed E-state index contributed by atoms with van der Waals surface area (Å²) in [4.78, 5) is 15.5. The van der Waals surface area contributed by atoms with Gasteiger partial charge in [0.15, 0.2) is 0 Å². The number of hydrogen-bond acceptors (Lipinski definition) is 4. The van der Waals surface area contributed by atoms with Crippen LogP contribution in [-0.4, -0.2) is 33.0 Å². The molecule has 1 heterocycles. The number of amides is 1. The van der Waals surface area contributed by atoms with Crippen LogP contribution < -0.4 is 11.1 Å². The lowest BCUT2D eigenvalue weighted by molar-refractivity contribution is 0.0945. The van der Waals surface area contributed by atoms with Gasteiger partial charge >= 0.3 is 0 Å². The van der Waals surface area contributed by atoms with Crippen molar-refractivity contribution in [3.63, 3.8) is 0 Å². The van der Waals surface area contributed by atoms with E-state index in [0.717, 1.165) is 12.8 Å². The van der Waals surface area contributed by atoms with Crippen molar-refractivity contribution >= 4 is 11.7 Å². The summed E-state index contributed by atoms with van der Waals surface area (Å²) in [6.45, 7) is 0.558. The molecular weight excluding hydrogens is 222 g/mol. The van der Waals surface area contributed by atoms with Crippen LogP contribution in [0.1, 0.15) is 29.8 Å². The van der Waals surface area contributed by atoms with Crippen molar-refractivity contribution in [2.24, 2.45) is 17.9 Å². The predicted molar refractivity (Wildman–Crippen MR) is 62.8 cm³/mol. The van der Waals surface area contributed by atoms with Crippen LogP contribution in [0.15, 0.2) is 17.7 Å². The second kappa shape index (κ2) is 6.51. The molecule has 1 aromatic heterocycles. The average Bonchev–Trinajstić information content (AvgIpc) is 2.74. The first kappa shape index (κ1) is 13.0. The number of nitrogens with zero attached hydrogens (tertiary/aromatic N) is 3. The highest BCUT2D eigenvalue weighted by atomic mass is 16.4. The van der Waals surface area contributed by atoms with Gasteiger partial charge in [-0.2, -0.15) is 0 Å². The second-order valence-electron chi connectivity index (χ2n) is 3.69. The third kappa shape index (κ3) is 4.13. The van der Waals surface area contributed by atoms with Gasteiger partial charge in [0.1, 0.15) is 11.5 Å². The smallest absolute Gasteiger partial charge is 0.269 e. The fraction of sp³-hybridized carbons (Fsp3) is 0.500. The molecule has 0 atom stereocenters. The van der Waals surface area contributed by atoms with Gasteiger partial charge in [0.05, 0.1) is 12.5 Å². The highest BCUT2D eigenvalue weighted by Crippen LogP contribution is 1.97. The molecule has 7 heteroatoms. The van der Waals surface area contributed by atoms with E-state index in [2.05, 4.69) is 15.5 Å². The first-order valence-electron chi connectivity index (χ1n) is 5.36. The number of nitrogens with one attached hydrogen (secondary N) is 1. The van der Waals surface area contributed by atoms with E-state index in [1.807, 2.05) is 0 Å². The molecule has 17 heavy (non-hydrogen) atoms. The van der Waals surface area contributed by atoms with E-state index < -0.39 is 0 Å².